The van der Waals surface area contributed by atoms with Gasteiger partial charge in [-0.3, -0.25) is 9.63 Å². The minimum absolute atomic E-state index is 0.137. The molecular weight excluding hydrogens is 194 g/mol. The second kappa shape index (κ2) is 4.31. The molecule has 1 aromatic heterocycles. The van der Waals surface area contributed by atoms with E-state index in [0.29, 0.717) is 18.9 Å². The van der Waals surface area contributed by atoms with Crippen molar-refractivity contribution in [2.45, 2.75) is 13.3 Å². The molecule has 0 aromatic carbocycles. The van der Waals surface area contributed by atoms with Crippen LogP contribution in [0, 0.1) is 6.92 Å². The standard InChI is InChI=1S/C11H13NO3/c1-9-3-4-10(15-9)5-6-11(13)12-7-2-8-14-12/h3-6H,2,7-8H2,1H3/b6-5+. The van der Waals surface area contributed by atoms with Crippen molar-refractivity contribution in [1.82, 2.24) is 5.06 Å². The van der Waals surface area contributed by atoms with Gasteiger partial charge in [-0.1, -0.05) is 0 Å². The fraction of sp³-hybridized carbons (Fsp3) is 0.364. The van der Waals surface area contributed by atoms with Crippen LogP contribution in [0.4, 0.5) is 0 Å². The van der Waals surface area contributed by atoms with Gasteiger partial charge in [0.25, 0.3) is 5.91 Å². The number of hydrogen-bond donors (Lipinski definition) is 0. The van der Waals surface area contributed by atoms with Crippen molar-refractivity contribution in [3.05, 3.63) is 29.7 Å². The zero-order chi connectivity index (χ0) is 10.7. The molecule has 0 atom stereocenters. The molecule has 4 nitrogen and oxygen atoms in total. The fourth-order valence-corrected chi connectivity index (χ4v) is 1.40. The van der Waals surface area contributed by atoms with Crippen molar-refractivity contribution in [1.29, 1.82) is 0 Å². The lowest BCUT2D eigenvalue weighted by Gasteiger charge is -2.09. The summed E-state index contributed by atoms with van der Waals surface area (Å²) < 4.78 is 5.30. The van der Waals surface area contributed by atoms with Crippen molar-refractivity contribution >= 4 is 12.0 Å². The molecule has 0 unspecified atom stereocenters. The molecule has 0 spiro atoms. The first-order valence-corrected chi connectivity index (χ1v) is 4.94. The van der Waals surface area contributed by atoms with Crippen LogP contribution in [0.2, 0.25) is 0 Å². The molecule has 1 saturated heterocycles. The highest BCUT2D eigenvalue weighted by Gasteiger charge is 2.16. The third kappa shape index (κ3) is 2.47. The van der Waals surface area contributed by atoms with Crippen molar-refractivity contribution in [2.24, 2.45) is 0 Å². The lowest BCUT2D eigenvalue weighted by Crippen LogP contribution is -2.24. The summed E-state index contributed by atoms with van der Waals surface area (Å²) in [5, 5.41) is 1.37. The summed E-state index contributed by atoms with van der Waals surface area (Å²) in [5.74, 6) is 1.38. The Morgan fingerprint density at radius 3 is 3.00 bits per heavy atom. The smallest absolute Gasteiger partial charge is 0.270 e. The van der Waals surface area contributed by atoms with E-state index < -0.39 is 0 Å². The predicted octanol–water partition coefficient (Wildman–Crippen LogP) is 1.77. The predicted molar refractivity (Wildman–Crippen MR) is 54.8 cm³/mol. The van der Waals surface area contributed by atoms with Gasteiger partial charge in [0.1, 0.15) is 11.5 Å². The normalized spacial score (nSPS) is 16.5. The van der Waals surface area contributed by atoms with E-state index >= 15 is 0 Å². The van der Waals surface area contributed by atoms with E-state index in [0.717, 1.165) is 12.2 Å². The highest BCUT2D eigenvalue weighted by atomic mass is 16.7. The molecule has 1 aliphatic heterocycles. The number of hydroxylamine groups is 2. The van der Waals surface area contributed by atoms with Crippen molar-refractivity contribution in [3.63, 3.8) is 0 Å². The summed E-state index contributed by atoms with van der Waals surface area (Å²) in [6.45, 7) is 3.16. The summed E-state index contributed by atoms with van der Waals surface area (Å²) in [7, 11) is 0. The Morgan fingerprint density at radius 1 is 1.53 bits per heavy atom. The molecule has 2 rings (SSSR count). The van der Waals surface area contributed by atoms with E-state index in [2.05, 4.69) is 0 Å². The summed E-state index contributed by atoms with van der Waals surface area (Å²) >= 11 is 0. The van der Waals surface area contributed by atoms with Crippen LogP contribution in [-0.4, -0.2) is 24.1 Å². The fourth-order valence-electron chi connectivity index (χ4n) is 1.40. The van der Waals surface area contributed by atoms with Crippen LogP contribution in [0.25, 0.3) is 6.08 Å². The topological polar surface area (TPSA) is 42.7 Å². The van der Waals surface area contributed by atoms with Crippen LogP contribution in [0.3, 0.4) is 0 Å². The van der Waals surface area contributed by atoms with Crippen molar-refractivity contribution in [2.75, 3.05) is 13.2 Å². The number of furan rings is 1. The molecule has 1 amide bonds. The minimum Gasteiger partial charge on any atom is -0.462 e. The molecule has 1 aliphatic rings. The molecule has 0 aliphatic carbocycles. The van der Waals surface area contributed by atoms with Gasteiger partial charge in [-0.25, -0.2) is 5.06 Å². The number of carbonyl (C=O) groups is 1. The molecule has 0 saturated carbocycles. The molecule has 1 fully saturated rings. The van der Waals surface area contributed by atoms with Crippen LogP contribution in [-0.2, 0) is 9.63 Å². The maximum Gasteiger partial charge on any atom is 0.270 e. The first-order chi connectivity index (χ1) is 7.25. The molecule has 1 aromatic rings. The Morgan fingerprint density at radius 2 is 2.40 bits per heavy atom. The van der Waals surface area contributed by atoms with E-state index in [9.17, 15) is 4.79 Å². The Bertz CT molecular complexity index is 375. The SMILES string of the molecule is Cc1ccc(/C=C/C(=O)N2CCCO2)o1. The molecule has 80 valence electrons. The van der Waals surface area contributed by atoms with E-state index in [-0.39, 0.29) is 5.91 Å². The summed E-state index contributed by atoms with van der Waals surface area (Å²) in [6.07, 6.45) is 4.01. The van der Waals surface area contributed by atoms with Gasteiger partial charge >= 0.3 is 0 Å². The monoisotopic (exact) mass is 207 g/mol. The second-order valence-corrected chi connectivity index (χ2v) is 3.41. The van der Waals surface area contributed by atoms with Gasteiger partial charge in [-0.05, 0) is 31.6 Å². The van der Waals surface area contributed by atoms with Gasteiger partial charge < -0.3 is 4.42 Å². The molecule has 4 heteroatoms. The van der Waals surface area contributed by atoms with E-state index in [1.54, 1.807) is 6.08 Å². The average Bonchev–Trinajstić information content (AvgIpc) is 2.84. The van der Waals surface area contributed by atoms with Gasteiger partial charge in [0.15, 0.2) is 0 Å². The summed E-state index contributed by atoms with van der Waals surface area (Å²) in [6, 6.07) is 3.68. The first kappa shape index (κ1) is 9.98. The van der Waals surface area contributed by atoms with Crippen LogP contribution in [0.5, 0.6) is 0 Å². The van der Waals surface area contributed by atoms with Crippen LogP contribution in [0.1, 0.15) is 17.9 Å². The number of hydrogen-bond acceptors (Lipinski definition) is 3. The number of aryl methyl sites for hydroxylation is 1. The molecule has 0 bridgehead atoms. The highest BCUT2D eigenvalue weighted by molar-refractivity contribution is 5.90. The van der Waals surface area contributed by atoms with Crippen LogP contribution in [0.15, 0.2) is 22.6 Å². The molecule has 0 N–H and O–H groups in total. The summed E-state index contributed by atoms with van der Waals surface area (Å²) in [5.41, 5.74) is 0. The maximum atomic E-state index is 11.5. The molecule has 0 radical (unpaired) electrons. The molecular formula is C11H13NO3. The zero-order valence-electron chi connectivity index (χ0n) is 8.60. The third-order valence-electron chi connectivity index (χ3n) is 2.15. The number of nitrogens with zero attached hydrogens (tertiary/aromatic N) is 1. The Kier molecular flexibility index (Phi) is 2.87. The zero-order valence-corrected chi connectivity index (χ0v) is 8.60. The second-order valence-electron chi connectivity index (χ2n) is 3.41. The molecule has 2 heterocycles. The molecule has 15 heavy (non-hydrogen) atoms. The van der Waals surface area contributed by atoms with Gasteiger partial charge in [0.05, 0.1) is 13.2 Å². The first-order valence-electron chi connectivity index (χ1n) is 4.94. The van der Waals surface area contributed by atoms with Crippen molar-refractivity contribution in [3.8, 4) is 0 Å². The van der Waals surface area contributed by atoms with Gasteiger partial charge in [-0.15, -0.1) is 0 Å². The van der Waals surface area contributed by atoms with Crippen LogP contribution < -0.4 is 0 Å². The number of carbonyl (C=O) groups excluding carboxylic acids is 1. The maximum absolute atomic E-state index is 11.5. The van der Waals surface area contributed by atoms with Gasteiger partial charge in [-0.2, -0.15) is 0 Å². The number of rotatable bonds is 2. The van der Waals surface area contributed by atoms with Crippen LogP contribution >= 0.6 is 0 Å². The third-order valence-corrected chi connectivity index (χ3v) is 2.15. The average molecular weight is 207 g/mol. The summed E-state index contributed by atoms with van der Waals surface area (Å²) in [4.78, 5) is 16.6. The Balaban J connectivity index is 1.95. The Labute approximate surface area is 88.1 Å². The highest BCUT2D eigenvalue weighted by Crippen LogP contribution is 2.09. The Hall–Kier alpha value is -1.55. The van der Waals surface area contributed by atoms with E-state index in [1.807, 2.05) is 19.1 Å². The number of amides is 1. The quantitative estimate of drug-likeness (QED) is 0.694. The van der Waals surface area contributed by atoms with Gasteiger partial charge in [0.2, 0.25) is 0 Å². The minimum atomic E-state index is -0.137. The van der Waals surface area contributed by atoms with E-state index in [4.69, 9.17) is 9.25 Å². The van der Waals surface area contributed by atoms with Crippen molar-refractivity contribution < 1.29 is 14.0 Å². The largest absolute Gasteiger partial charge is 0.462 e. The lowest BCUT2D eigenvalue weighted by molar-refractivity contribution is -0.162. The van der Waals surface area contributed by atoms with Gasteiger partial charge in [0, 0.05) is 6.08 Å². The van der Waals surface area contributed by atoms with E-state index in [1.165, 1.54) is 11.1 Å². The lowest BCUT2D eigenvalue weighted by atomic mass is 10.3.